The van der Waals surface area contributed by atoms with E-state index < -0.39 is 12.5 Å². The third-order valence-electron chi connectivity index (χ3n) is 3.67. The van der Waals surface area contributed by atoms with E-state index in [9.17, 15) is 4.79 Å². The summed E-state index contributed by atoms with van der Waals surface area (Å²) in [7, 11) is 1.93. The highest BCUT2D eigenvalue weighted by Crippen LogP contribution is 2.25. The quantitative estimate of drug-likeness (QED) is 0.790. The van der Waals surface area contributed by atoms with Crippen LogP contribution < -0.4 is 10.6 Å². The lowest BCUT2D eigenvalue weighted by Gasteiger charge is -2.17. The lowest BCUT2D eigenvalue weighted by atomic mass is 10.1. The van der Waals surface area contributed by atoms with Crippen LogP contribution in [0.3, 0.4) is 0 Å². The fourth-order valence-corrected chi connectivity index (χ4v) is 2.63. The molecule has 6 nitrogen and oxygen atoms in total. The first kappa shape index (κ1) is 16.0. The zero-order valence-electron chi connectivity index (χ0n) is 13.3. The summed E-state index contributed by atoms with van der Waals surface area (Å²) in [4.78, 5) is 11.2. The van der Waals surface area contributed by atoms with E-state index in [1.54, 1.807) is 6.07 Å². The van der Waals surface area contributed by atoms with Crippen LogP contribution in [-0.4, -0.2) is 27.4 Å². The van der Waals surface area contributed by atoms with Crippen LogP contribution in [0, 0.1) is 13.8 Å². The summed E-state index contributed by atoms with van der Waals surface area (Å²) >= 11 is 0. The molecule has 2 aromatic rings. The van der Waals surface area contributed by atoms with Gasteiger partial charge in [-0.3, -0.25) is 9.48 Å². The summed E-state index contributed by atoms with van der Waals surface area (Å²) < 4.78 is 1.88. The average Bonchev–Trinajstić information content (AvgIpc) is 2.72. The van der Waals surface area contributed by atoms with Gasteiger partial charge in [-0.05, 0) is 39.0 Å². The monoisotopic (exact) mass is 302 g/mol. The number of rotatable bonds is 5. The number of aliphatic hydroxyl groups excluding tert-OH is 1. The third-order valence-corrected chi connectivity index (χ3v) is 3.67. The average molecular weight is 302 g/mol. The zero-order chi connectivity index (χ0) is 16.3. The van der Waals surface area contributed by atoms with Crippen molar-refractivity contribution in [2.75, 3.05) is 17.2 Å². The molecule has 0 saturated heterocycles. The Labute approximate surface area is 130 Å². The molecule has 0 fully saturated rings. The molecule has 6 heteroatoms. The van der Waals surface area contributed by atoms with Gasteiger partial charge in [0.1, 0.15) is 6.61 Å². The maximum absolute atomic E-state index is 11.2. The van der Waals surface area contributed by atoms with Gasteiger partial charge >= 0.3 is 0 Å². The highest BCUT2D eigenvalue weighted by Gasteiger charge is 2.16. The van der Waals surface area contributed by atoms with Gasteiger partial charge in [0, 0.05) is 29.7 Å². The van der Waals surface area contributed by atoms with E-state index in [1.807, 2.05) is 43.8 Å². The van der Waals surface area contributed by atoms with E-state index in [0.717, 1.165) is 17.1 Å². The van der Waals surface area contributed by atoms with Crippen molar-refractivity contribution in [3.63, 3.8) is 0 Å². The molecule has 0 spiro atoms. The number of carbonyl (C=O) groups is 1. The molecule has 0 aliphatic rings. The van der Waals surface area contributed by atoms with E-state index >= 15 is 0 Å². The van der Waals surface area contributed by atoms with Crippen molar-refractivity contribution >= 4 is 17.3 Å². The maximum atomic E-state index is 11.2. The second-order valence-electron chi connectivity index (χ2n) is 5.36. The van der Waals surface area contributed by atoms with Crippen LogP contribution >= 0.6 is 0 Å². The molecular formula is C16H22N4O2. The Bertz CT molecular complexity index is 679. The number of nitrogens with zero attached hydrogens (tertiary/aromatic N) is 2. The molecular weight excluding hydrogens is 280 g/mol. The molecule has 1 aromatic carbocycles. The molecule has 22 heavy (non-hydrogen) atoms. The summed E-state index contributed by atoms with van der Waals surface area (Å²) in [6.45, 7) is 5.60. The number of hydrogen-bond donors (Lipinski definition) is 3. The summed E-state index contributed by atoms with van der Waals surface area (Å²) in [5.41, 5.74) is 4.85. The van der Waals surface area contributed by atoms with E-state index in [2.05, 4.69) is 22.7 Å². The summed E-state index contributed by atoms with van der Waals surface area (Å²) in [5, 5.41) is 19.3. The van der Waals surface area contributed by atoms with Crippen molar-refractivity contribution in [2.45, 2.75) is 26.8 Å². The third kappa shape index (κ3) is 3.46. The van der Waals surface area contributed by atoms with Crippen LogP contribution in [0.2, 0.25) is 0 Å². The van der Waals surface area contributed by atoms with Crippen molar-refractivity contribution < 1.29 is 9.90 Å². The minimum atomic E-state index is -0.526. The molecule has 0 radical (unpaired) electrons. The van der Waals surface area contributed by atoms with Gasteiger partial charge in [0.2, 0.25) is 5.91 Å². The fraction of sp³-hybridized carbons (Fsp3) is 0.375. The molecule has 2 rings (SSSR count). The van der Waals surface area contributed by atoms with Crippen molar-refractivity contribution in [3.8, 4) is 0 Å². The van der Waals surface area contributed by atoms with Crippen molar-refractivity contribution in [1.29, 1.82) is 0 Å². The number of nitrogens with one attached hydrogen (secondary N) is 2. The maximum Gasteiger partial charge on any atom is 0.250 e. The standard InChI is InChI=1S/C16H22N4O2/c1-10(16-11(2)19-20(4)12(16)3)17-13-6-5-7-14(8-13)18-15(22)9-21/h5-8,10,17,21H,9H2,1-4H3,(H,18,22). The van der Waals surface area contributed by atoms with E-state index in [-0.39, 0.29) is 6.04 Å². The van der Waals surface area contributed by atoms with Crippen LogP contribution in [0.5, 0.6) is 0 Å². The van der Waals surface area contributed by atoms with Gasteiger partial charge < -0.3 is 15.7 Å². The first-order valence-corrected chi connectivity index (χ1v) is 7.19. The lowest BCUT2D eigenvalue weighted by molar-refractivity contribution is -0.118. The second kappa shape index (κ2) is 6.62. The fourth-order valence-electron chi connectivity index (χ4n) is 2.63. The first-order valence-electron chi connectivity index (χ1n) is 7.19. The van der Waals surface area contributed by atoms with E-state index in [4.69, 9.17) is 5.11 Å². The minimum Gasteiger partial charge on any atom is -0.387 e. The number of amides is 1. The Morgan fingerprint density at radius 2 is 2.05 bits per heavy atom. The normalized spacial score (nSPS) is 12.0. The van der Waals surface area contributed by atoms with E-state index in [1.165, 1.54) is 5.56 Å². The molecule has 0 aliphatic carbocycles. The highest BCUT2D eigenvalue weighted by atomic mass is 16.3. The van der Waals surface area contributed by atoms with Gasteiger partial charge in [0.05, 0.1) is 11.7 Å². The molecule has 0 bridgehead atoms. The zero-order valence-corrected chi connectivity index (χ0v) is 13.3. The second-order valence-corrected chi connectivity index (χ2v) is 5.36. The van der Waals surface area contributed by atoms with Gasteiger partial charge in [-0.25, -0.2) is 0 Å². The van der Waals surface area contributed by atoms with Crippen molar-refractivity contribution in [3.05, 3.63) is 41.2 Å². The van der Waals surface area contributed by atoms with Crippen LogP contribution in [0.15, 0.2) is 24.3 Å². The number of aromatic nitrogens is 2. The molecule has 1 unspecified atom stereocenters. The number of anilines is 2. The Kier molecular flexibility index (Phi) is 4.82. The molecule has 1 heterocycles. The summed E-state index contributed by atoms with van der Waals surface area (Å²) in [5.74, 6) is -0.427. The van der Waals surface area contributed by atoms with Gasteiger partial charge in [0.25, 0.3) is 0 Å². The number of hydrogen-bond acceptors (Lipinski definition) is 4. The van der Waals surface area contributed by atoms with Gasteiger partial charge in [-0.15, -0.1) is 0 Å². The van der Waals surface area contributed by atoms with Crippen LogP contribution in [-0.2, 0) is 11.8 Å². The molecule has 3 N–H and O–H groups in total. The molecule has 118 valence electrons. The molecule has 1 aromatic heterocycles. The van der Waals surface area contributed by atoms with Gasteiger partial charge in [-0.2, -0.15) is 5.10 Å². The smallest absolute Gasteiger partial charge is 0.250 e. The van der Waals surface area contributed by atoms with Crippen molar-refractivity contribution in [1.82, 2.24) is 9.78 Å². The van der Waals surface area contributed by atoms with Gasteiger partial charge in [-0.1, -0.05) is 6.07 Å². The van der Waals surface area contributed by atoms with E-state index in [0.29, 0.717) is 5.69 Å². The molecule has 1 atom stereocenters. The van der Waals surface area contributed by atoms with Crippen LogP contribution in [0.1, 0.15) is 29.9 Å². The van der Waals surface area contributed by atoms with Crippen molar-refractivity contribution in [2.24, 2.45) is 7.05 Å². The lowest BCUT2D eigenvalue weighted by Crippen LogP contribution is -2.15. The minimum absolute atomic E-state index is 0.0949. The highest BCUT2D eigenvalue weighted by molar-refractivity contribution is 5.91. The predicted molar refractivity (Wildman–Crippen MR) is 86.9 cm³/mol. The first-order chi connectivity index (χ1) is 10.4. The Hall–Kier alpha value is -2.34. The number of aryl methyl sites for hydroxylation is 2. The molecule has 0 saturated carbocycles. The molecule has 1 amide bonds. The topological polar surface area (TPSA) is 79.2 Å². The van der Waals surface area contributed by atoms with Crippen LogP contribution in [0.4, 0.5) is 11.4 Å². The Morgan fingerprint density at radius 3 is 2.64 bits per heavy atom. The van der Waals surface area contributed by atoms with Gasteiger partial charge in [0.15, 0.2) is 0 Å². The number of benzene rings is 1. The predicted octanol–water partition coefficient (Wildman–Crippen LogP) is 2.14. The Balaban J connectivity index is 2.16. The van der Waals surface area contributed by atoms with Crippen LogP contribution in [0.25, 0.3) is 0 Å². The summed E-state index contributed by atoms with van der Waals surface area (Å²) in [6, 6.07) is 7.50. The number of carbonyl (C=O) groups excluding carboxylic acids is 1. The molecule has 0 aliphatic heterocycles. The number of aliphatic hydroxyl groups is 1. The largest absolute Gasteiger partial charge is 0.387 e. The summed E-state index contributed by atoms with van der Waals surface area (Å²) in [6.07, 6.45) is 0. The Morgan fingerprint density at radius 1 is 1.36 bits per heavy atom. The SMILES string of the molecule is Cc1nn(C)c(C)c1C(C)Nc1cccc(NC(=O)CO)c1.